The Hall–Kier alpha value is -0.650. The first kappa shape index (κ1) is 12.8. The monoisotopic (exact) mass is 243 g/mol. The summed E-state index contributed by atoms with van der Waals surface area (Å²) in [7, 11) is 0. The van der Waals surface area contributed by atoms with E-state index in [4.69, 9.17) is 14.6 Å². The second-order valence-electron chi connectivity index (χ2n) is 4.85. The maximum absolute atomic E-state index is 10.6. The van der Waals surface area contributed by atoms with Gasteiger partial charge < -0.3 is 19.5 Å². The number of ether oxygens (including phenoxy) is 2. The van der Waals surface area contributed by atoms with Gasteiger partial charge >= 0.3 is 5.97 Å². The number of nitrogens with zero attached hydrogens (tertiary/aromatic N) is 1. The molecule has 5 heteroatoms. The van der Waals surface area contributed by atoms with Gasteiger partial charge in [-0.15, -0.1) is 0 Å². The average Bonchev–Trinajstić information content (AvgIpc) is 2.77. The highest BCUT2D eigenvalue weighted by atomic mass is 16.7. The molecule has 2 aliphatic rings. The lowest BCUT2D eigenvalue weighted by atomic mass is 9.97. The Kier molecular flexibility index (Phi) is 4.36. The number of hydrogen-bond donors (Lipinski definition) is 1. The lowest BCUT2D eigenvalue weighted by Crippen LogP contribution is -2.40. The normalized spacial score (nSPS) is 35.0. The van der Waals surface area contributed by atoms with Crippen molar-refractivity contribution in [3.05, 3.63) is 0 Å². The van der Waals surface area contributed by atoms with Crippen LogP contribution in [-0.2, 0) is 14.3 Å². The minimum atomic E-state index is -0.821. The van der Waals surface area contributed by atoms with Crippen molar-refractivity contribution in [2.24, 2.45) is 5.92 Å². The van der Waals surface area contributed by atoms with Gasteiger partial charge in [0.2, 0.25) is 0 Å². The molecule has 3 atom stereocenters. The standard InChI is InChI=1S/C12H21NO4/c1-2-13-5-3-4-9(7-13)12-16-8-10(17-12)6-11(14)15/h9-10,12H,2-8H2,1H3,(H,14,15). The molecule has 2 aliphatic heterocycles. The van der Waals surface area contributed by atoms with Crippen molar-refractivity contribution in [2.45, 2.75) is 38.6 Å². The number of carboxylic acid groups (broad SMARTS) is 1. The summed E-state index contributed by atoms with van der Waals surface area (Å²) in [4.78, 5) is 13.0. The van der Waals surface area contributed by atoms with Crippen molar-refractivity contribution in [2.75, 3.05) is 26.2 Å². The number of likely N-dealkylation sites (tertiary alicyclic amines) is 1. The summed E-state index contributed by atoms with van der Waals surface area (Å²) in [5.41, 5.74) is 0. The molecule has 0 aliphatic carbocycles. The van der Waals surface area contributed by atoms with E-state index in [2.05, 4.69) is 11.8 Å². The smallest absolute Gasteiger partial charge is 0.306 e. The van der Waals surface area contributed by atoms with E-state index < -0.39 is 5.97 Å². The molecule has 2 heterocycles. The van der Waals surface area contributed by atoms with Crippen LogP contribution >= 0.6 is 0 Å². The van der Waals surface area contributed by atoms with Crippen molar-refractivity contribution in [1.82, 2.24) is 4.90 Å². The minimum Gasteiger partial charge on any atom is -0.481 e. The average molecular weight is 243 g/mol. The highest BCUT2D eigenvalue weighted by molar-refractivity contribution is 5.67. The molecule has 0 bridgehead atoms. The molecule has 2 fully saturated rings. The zero-order valence-corrected chi connectivity index (χ0v) is 10.3. The molecule has 1 N–H and O–H groups in total. The molecule has 2 saturated heterocycles. The molecule has 0 aromatic rings. The summed E-state index contributed by atoms with van der Waals surface area (Å²) in [5.74, 6) is -0.430. The number of carbonyl (C=O) groups is 1. The Bertz CT molecular complexity index is 271. The maximum Gasteiger partial charge on any atom is 0.306 e. The van der Waals surface area contributed by atoms with Crippen molar-refractivity contribution < 1.29 is 19.4 Å². The van der Waals surface area contributed by atoms with Gasteiger partial charge in [-0.1, -0.05) is 6.92 Å². The van der Waals surface area contributed by atoms with E-state index >= 15 is 0 Å². The van der Waals surface area contributed by atoms with Gasteiger partial charge in [-0.3, -0.25) is 4.79 Å². The first-order valence-corrected chi connectivity index (χ1v) is 6.40. The second kappa shape index (κ2) is 5.80. The van der Waals surface area contributed by atoms with E-state index in [0.29, 0.717) is 12.5 Å². The van der Waals surface area contributed by atoms with Gasteiger partial charge in [0.25, 0.3) is 0 Å². The van der Waals surface area contributed by atoms with E-state index in [0.717, 1.165) is 26.1 Å². The summed E-state index contributed by atoms with van der Waals surface area (Å²) < 4.78 is 11.3. The molecule has 98 valence electrons. The quantitative estimate of drug-likeness (QED) is 0.796. The molecule has 5 nitrogen and oxygen atoms in total. The summed E-state index contributed by atoms with van der Waals surface area (Å²) in [5, 5.41) is 8.71. The Morgan fingerprint density at radius 1 is 1.53 bits per heavy atom. The molecule has 0 amide bonds. The lowest BCUT2D eigenvalue weighted by molar-refractivity contribution is -0.142. The van der Waals surface area contributed by atoms with E-state index in [-0.39, 0.29) is 18.8 Å². The van der Waals surface area contributed by atoms with Gasteiger partial charge in [-0.2, -0.15) is 0 Å². The van der Waals surface area contributed by atoms with Gasteiger partial charge in [0.05, 0.1) is 19.1 Å². The molecule has 17 heavy (non-hydrogen) atoms. The molecule has 0 aromatic carbocycles. The van der Waals surface area contributed by atoms with Crippen LogP contribution in [0.15, 0.2) is 0 Å². The van der Waals surface area contributed by atoms with Crippen LogP contribution in [0.25, 0.3) is 0 Å². The van der Waals surface area contributed by atoms with Crippen LogP contribution in [0.2, 0.25) is 0 Å². The second-order valence-corrected chi connectivity index (χ2v) is 4.85. The van der Waals surface area contributed by atoms with Crippen LogP contribution in [0.4, 0.5) is 0 Å². The maximum atomic E-state index is 10.6. The third-order valence-electron chi connectivity index (χ3n) is 3.55. The van der Waals surface area contributed by atoms with Gasteiger partial charge in [0, 0.05) is 12.5 Å². The van der Waals surface area contributed by atoms with Crippen LogP contribution in [0.3, 0.4) is 0 Å². The number of rotatable bonds is 4. The summed E-state index contributed by atoms with van der Waals surface area (Å²) >= 11 is 0. The first-order chi connectivity index (χ1) is 8.19. The number of carboxylic acids is 1. The van der Waals surface area contributed by atoms with Crippen molar-refractivity contribution in [1.29, 1.82) is 0 Å². The van der Waals surface area contributed by atoms with Crippen LogP contribution in [0.1, 0.15) is 26.2 Å². The highest BCUT2D eigenvalue weighted by Crippen LogP contribution is 2.27. The zero-order valence-electron chi connectivity index (χ0n) is 10.3. The minimum absolute atomic E-state index is 0.0424. The molecule has 0 spiro atoms. The van der Waals surface area contributed by atoms with E-state index in [9.17, 15) is 4.79 Å². The first-order valence-electron chi connectivity index (χ1n) is 6.40. The Labute approximate surface area is 102 Å². The molecule has 3 unspecified atom stereocenters. The molecular weight excluding hydrogens is 222 g/mol. The summed E-state index contributed by atoms with van der Waals surface area (Å²) in [6.07, 6.45) is 1.86. The number of aliphatic carboxylic acids is 1. The van der Waals surface area contributed by atoms with Gasteiger partial charge in [-0.25, -0.2) is 0 Å². The van der Waals surface area contributed by atoms with Gasteiger partial charge in [-0.05, 0) is 25.9 Å². The Balaban J connectivity index is 1.81. The number of piperidine rings is 1. The predicted molar refractivity (Wildman–Crippen MR) is 61.7 cm³/mol. The van der Waals surface area contributed by atoms with Gasteiger partial charge in [0.15, 0.2) is 6.29 Å². The van der Waals surface area contributed by atoms with Crippen molar-refractivity contribution in [3.8, 4) is 0 Å². The van der Waals surface area contributed by atoms with Crippen LogP contribution in [-0.4, -0.2) is 54.6 Å². The fourth-order valence-electron chi connectivity index (χ4n) is 2.62. The largest absolute Gasteiger partial charge is 0.481 e. The molecule has 0 saturated carbocycles. The molecule has 2 rings (SSSR count). The van der Waals surface area contributed by atoms with Gasteiger partial charge in [0.1, 0.15) is 0 Å². The molecule has 0 aromatic heterocycles. The van der Waals surface area contributed by atoms with E-state index in [1.807, 2.05) is 0 Å². The molecular formula is C12H21NO4. The van der Waals surface area contributed by atoms with E-state index in [1.54, 1.807) is 0 Å². The Morgan fingerprint density at radius 2 is 2.35 bits per heavy atom. The fourth-order valence-corrected chi connectivity index (χ4v) is 2.62. The zero-order chi connectivity index (χ0) is 12.3. The third kappa shape index (κ3) is 3.40. The van der Waals surface area contributed by atoms with Crippen LogP contribution in [0.5, 0.6) is 0 Å². The third-order valence-corrected chi connectivity index (χ3v) is 3.55. The highest BCUT2D eigenvalue weighted by Gasteiger charge is 2.35. The summed E-state index contributed by atoms with van der Waals surface area (Å²) in [6.45, 7) is 5.78. The lowest BCUT2D eigenvalue weighted by Gasteiger charge is -2.34. The van der Waals surface area contributed by atoms with Crippen molar-refractivity contribution in [3.63, 3.8) is 0 Å². The SMILES string of the molecule is CCN1CCCC(C2OCC(CC(=O)O)O2)C1. The molecule has 0 radical (unpaired) electrons. The Morgan fingerprint density at radius 3 is 3.06 bits per heavy atom. The van der Waals surface area contributed by atoms with Crippen molar-refractivity contribution >= 4 is 5.97 Å². The number of hydrogen-bond acceptors (Lipinski definition) is 4. The predicted octanol–water partition coefficient (Wildman–Crippen LogP) is 0.934. The van der Waals surface area contributed by atoms with E-state index in [1.165, 1.54) is 6.42 Å². The summed E-state index contributed by atoms with van der Waals surface area (Å²) in [6, 6.07) is 0. The topological polar surface area (TPSA) is 59.0 Å². The fraction of sp³-hybridized carbons (Fsp3) is 0.917. The van der Waals surface area contributed by atoms with Crippen LogP contribution < -0.4 is 0 Å². The van der Waals surface area contributed by atoms with Crippen LogP contribution in [0, 0.1) is 5.92 Å².